The minimum absolute atomic E-state index is 0.00692. The summed E-state index contributed by atoms with van der Waals surface area (Å²) in [4.78, 5) is 141. The third-order valence-corrected chi connectivity index (χ3v) is 15.6. The number of carbonyl (C=O) groups is 11. The van der Waals surface area contributed by atoms with Gasteiger partial charge < -0.3 is 51.8 Å². The van der Waals surface area contributed by atoms with Crippen LogP contribution in [0.25, 0.3) is 0 Å². The summed E-state index contributed by atoms with van der Waals surface area (Å²) in [6, 6.07) is -2.40. The van der Waals surface area contributed by atoms with Gasteiger partial charge in [-0.2, -0.15) is 11.8 Å². The predicted octanol–water partition coefficient (Wildman–Crippen LogP) is 9.08. The van der Waals surface area contributed by atoms with Crippen LogP contribution in [0.4, 0.5) is 14.4 Å². The molecular weight excluding hydrogens is 1200 g/mol. The molecule has 9 amide bonds. The van der Waals surface area contributed by atoms with Gasteiger partial charge >= 0.3 is 24.2 Å². The van der Waals surface area contributed by atoms with Crippen LogP contribution in [0.15, 0.2) is 107 Å². The highest BCUT2D eigenvalue weighted by atomic mass is 35.5. The number of nitrogens with two attached hydrogens (primary N) is 1. The van der Waals surface area contributed by atoms with Crippen molar-refractivity contribution in [1.82, 2.24) is 36.8 Å². The number of imide groups is 1. The molecule has 1 saturated heterocycles. The SMILES string of the molecule is C=C/C(=C\C=C\NC(=O)[C@H](CCCNC(N)=O)CC(=O)[C@@H](NC(=O)CCCCCN1C(=O)CC(SC)C1=O)C(C)C)COC(=O)NCCCNC(=O)O[C@H](C/C=C\CC(=O)[C@@H](NC(=O)\C=C/C=C\C(C)=C\[C@H](C)[C@@H]1CC=C(C)C(=O)O1)C(C)(C)C)C/C=C(\C)Cl. The molecule has 24 heteroatoms. The Bertz CT molecular complexity index is 2740. The lowest BCUT2D eigenvalue weighted by molar-refractivity contribution is -0.147. The maximum absolute atomic E-state index is 13.7. The lowest BCUT2D eigenvalue weighted by atomic mass is 9.83. The van der Waals surface area contributed by atoms with Crippen LogP contribution < -0.4 is 37.6 Å². The summed E-state index contributed by atoms with van der Waals surface area (Å²) in [7, 11) is 0. The number of cyclic esters (lactones) is 1. The van der Waals surface area contributed by atoms with E-state index in [0.717, 1.165) is 5.57 Å². The molecule has 7 atom stereocenters. The molecule has 0 aliphatic carbocycles. The van der Waals surface area contributed by atoms with Crippen LogP contribution in [-0.2, 0) is 52.6 Å². The molecule has 0 spiro atoms. The topological polar surface area (TPSA) is 317 Å². The number of nitrogens with one attached hydrogen (secondary N) is 6. The number of unbranched alkanes of at least 4 members (excludes halogenated alkanes) is 2. The van der Waals surface area contributed by atoms with Crippen molar-refractivity contribution in [3.05, 3.63) is 107 Å². The second-order valence-corrected chi connectivity index (χ2v) is 25.2. The van der Waals surface area contributed by atoms with Crippen molar-refractivity contribution in [2.75, 3.05) is 39.0 Å². The van der Waals surface area contributed by atoms with E-state index in [2.05, 4.69) is 38.5 Å². The van der Waals surface area contributed by atoms with Gasteiger partial charge in [-0.3, -0.25) is 38.5 Å². The van der Waals surface area contributed by atoms with Crippen molar-refractivity contribution in [2.45, 2.75) is 175 Å². The van der Waals surface area contributed by atoms with E-state index in [-0.39, 0.29) is 123 Å². The standard InChI is InChI=1S/C66H97ClN8O14S/c1-12-48(24-20-34-69-60(81)49(25-21-35-70-63(68)84)40-52(77)58(43(2)3)73-55(78)28-14-13-19-38-75-57(80)41-54(90-11)61(75)82)42-87-64(85)71-36-22-37-72-65(86)88-50(32-31-47(7)67)26-16-17-27-51(76)59(66(8,9)10)74-56(79)29-18-15-23-44(4)39-46(6)53-33-30-45(5)62(83)89-53/h12,15-18,20,23-24,29-31,34,39,43,46,49-50,53-54,58-59H,1,13-14,19,21-22,25-28,32-33,35-38,40-42H2,2-11H3,(H,69,81)(H,71,85)(H,72,86)(H,73,78)(H,74,79)(H3,68,70,84)/b17-16-,23-15-,29-18-,34-20+,44-39+,47-31+,48-24+/t46-,49+,50+,53-,54?,58-,59+/m0/s1. The van der Waals surface area contributed by atoms with Gasteiger partial charge in [0.05, 0.1) is 17.3 Å². The number of ketones is 2. The Hall–Kier alpha value is -7.53. The highest BCUT2D eigenvalue weighted by Gasteiger charge is 2.38. The Morgan fingerprint density at radius 2 is 1.57 bits per heavy atom. The van der Waals surface area contributed by atoms with Crippen molar-refractivity contribution >= 4 is 88.7 Å². The highest BCUT2D eigenvalue weighted by Crippen LogP contribution is 2.26. The van der Waals surface area contributed by atoms with Gasteiger partial charge in [0.15, 0.2) is 11.6 Å². The quantitative estimate of drug-likeness (QED) is 0.00572. The van der Waals surface area contributed by atoms with Crippen LogP contribution in [0, 0.1) is 23.2 Å². The Kier molecular flexibility index (Phi) is 37.1. The van der Waals surface area contributed by atoms with Gasteiger partial charge in [-0.1, -0.05) is 132 Å². The second-order valence-electron chi connectivity index (χ2n) is 23.6. The molecule has 0 aromatic heterocycles. The van der Waals surface area contributed by atoms with Crippen LogP contribution in [0.1, 0.15) is 146 Å². The fraction of sp³-hybridized carbons (Fsp3) is 0.561. The molecule has 0 aromatic carbocycles. The maximum Gasteiger partial charge on any atom is 0.407 e. The van der Waals surface area contributed by atoms with E-state index in [0.29, 0.717) is 67.7 Å². The first-order valence-electron chi connectivity index (χ1n) is 30.6. The Balaban J connectivity index is 1.84. The molecule has 0 saturated carbocycles. The molecule has 22 nitrogen and oxygen atoms in total. The van der Waals surface area contributed by atoms with E-state index in [4.69, 9.17) is 31.5 Å². The minimum atomic E-state index is -0.870. The molecule has 90 heavy (non-hydrogen) atoms. The number of Topliss-reactive ketones (excluding diaryl/α,β-unsaturated/α-hetero) is 2. The number of urea groups is 1. The highest BCUT2D eigenvalue weighted by molar-refractivity contribution is 8.00. The van der Waals surface area contributed by atoms with Gasteiger partial charge in [0.25, 0.3) is 0 Å². The zero-order valence-electron chi connectivity index (χ0n) is 54.1. The van der Waals surface area contributed by atoms with Gasteiger partial charge in [0, 0.05) is 106 Å². The van der Waals surface area contributed by atoms with E-state index >= 15 is 0 Å². The van der Waals surface area contributed by atoms with Gasteiger partial charge in [0.2, 0.25) is 29.5 Å². The summed E-state index contributed by atoms with van der Waals surface area (Å²) in [5.41, 5.74) is 6.63. The molecule has 8 N–H and O–H groups in total. The van der Waals surface area contributed by atoms with Gasteiger partial charge in [0.1, 0.15) is 18.8 Å². The number of allylic oxidation sites excluding steroid dienone is 8. The molecule has 2 aliphatic rings. The van der Waals surface area contributed by atoms with Crippen molar-refractivity contribution in [3.8, 4) is 0 Å². The number of rotatable bonds is 40. The Morgan fingerprint density at radius 3 is 2.20 bits per heavy atom. The van der Waals surface area contributed by atoms with E-state index in [1.54, 1.807) is 70.4 Å². The Morgan fingerprint density at radius 1 is 0.878 bits per heavy atom. The monoisotopic (exact) mass is 1290 g/mol. The number of primary amides is 1. The molecule has 1 fully saturated rings. The van der Waals surface area contributed by atoms with Crippen molar-refractivity contribution in [2.24, 2.45) is 28.9 Å². The number of alkyl carbamates (subject to hydrolysis) is 2. The van der Waals surface area contributed by atoms with E-state index in [1.165, 1.54) is 41.1 Å². The van der Waals surface area contributed by atoms with Crippen molar-refractivity contribution in [1.29, 1.82) is 0 Å². The first kappa shape index (κ1) is 78.6. The average Bonchev–Trinajstić information content (AvgIpc) is 3.60. The number of hydrogen-bond acceptors (Lipinski definition) is 15. The molecule has 2 heterocycles. The molecule has 2 aliphatic heterocycles. The lowest BCUT2D eigenvalue weighted by Gasteiger charge is -2.29. The first-order chi connectivity index (χ1) is 42.6. The van der Waals surface area contributed by atoms with Crippen LogP contribution in [-0.4, -0.2) is 139 Å². The van der Waals surface area contributed by atoms with Gasteiger partial charge in [-0.15, -0.1) is 0 Å². The normalized spacial score (nSPS) is 17.6. The number of likely N-dealkylation sites (tertiary alicyclic amines) is 1. The number of esters is 1. The van der Waals surface area contributed by atoms with Gasteiger partial charge in [-0.25, -0.2) is 19.2 Å². The fourth-order valence-corrected chi connectivity index (χ4v) is 10.0. The predicted molar refractivity (Wildman–Crippen MR) is 350 cm³/mol. The summed E-state index contributed by atoms with van der Waals surface area (Å²) in [6.45, 7) is 20.8. The minimum Gasteiger partial charge on any atom is -0.458 e. The third-order valence-electron chi connectivity index (χ3n) is 14.5. The zero-order chi connectivity index (χ0) is 67.3. The number of ether oxygens (including phenoxy) is 3. The number of thioether (sulfide) groups is 1. The Labute approximate surface area is 540 Å². The number of amides is 9. The van der Waals surface area contributed by atoms with E-state index < -0.39 is 59.6 Å². The molecule has 1 unspecified atom stereocenters. The van der Waals surface area contributed by atoms with Crippen LogP contribution in [0.3, 0.4) is 0 Å². The summed E-state index contributed by atoms with van der Waals surface area (Å²) in [5.74, 6) is -3.60. The summed E-state index contributed by atoms with van der Waals surface area (Å²) >= 11 is 7.44. The smallest absolute Gasteiger partial charge is 0.407 e. The summed E-state index contributed by atoms with van der Waals surface area (Å²) < 4.78 is 16.5. The molecule has 0 aromatic rings. The number of nitrogens with zero attached hydrogens (tertiary/aromatic N) is 1. The molecule has 2 rings (SSSR count). The van der Waals surface area contributed by atoms with Crippen LogP contribution >= 0.6 is 23.4 Å². The van der Waals surface area contributed by atoms with E-state index in [9.17, 15) is 52.7 Å². The van der Waals surface area contributed by atoms with Crippen molar-refractivity contribution in [3.63, 3.8) is 0 Å². The van der Waals surface area contributed by atoms with Crippen molar-refractivity contribution < 1.29 is 67.0 Å². The zero-order valence-corrected chi connectivity index (χ0v) is 55.7. The van der Waals surface area contributed by atoms with Gasteiger partial charge in [-0.05, 0) is 82.1 Å². The second kappa shape index (κ2) is 42.5. The van der Waals surface area contributed by atoms with Crippen LogP contribution in [0.2, 0.25) is 0 Å². The maximum atomic E-state index is 13.7. The molecule has 498 valence electrons. The molecule has 0 bridgehead atoms. The molecule has 0 radical (unpaired) electrons. The number of hydrogen-bond donors (Lipinski definition) is 7. The number of halogens is 1. The lowest BCUT2D eigenvalue weighted by Crippen LogP contribution is -2.48. The van der Waals surface area contributed by atoms with E-state index in [1.807, 2.05) is 52.8 Å². The summed E-state index contributed by atoms with van der Waals surface area (Å²) in [5, 5.41) is 16.2. The average molecular weight is 1290 g/mol. The largest absolute Gasteiger partial charge is 0.458 e. The number of carbonyl (C=O) groups excluding carboxylic acids is 11. The fourth-order valence-electron chi connectivity index (χ4n) is 9.31. The summed E-state index contributed by atoms with van der Waals surface area (Å²) in [6.07, 6.45) is 24.8. The van der Waals surface area contributed by atoms with Crippen LogP contribution in [0.5, 0.6) is 0 Å². The molecular formula is C66H97ClN8O14S. The first-order valence-corrected chi connectivity index (χ1v) is 32.3. The third kappa shape index (κ3) is 32.3.